The van der Waals surface area contributed by atoms with Crippen LogP contribution in [0.1, 0.15) is 5.69 Å². The molecule has 0 saturated carbocycles. The fourth-order valence-electron chi connectivity index (χ4n) is 1.87. The number of halogens is 1. The van der Waals surface area contributed by atoms with Gasteiger partial charge in [-0.05, 0) is 24.3 Å². The zero-order valence-corrected chi connectivity index (χ0v) is 11.1. The van der Waals surface area contributed by atoms with Crippen LogP contribution in [0.3, 0.4) is 0 Å². The number of anilines is 2. The van der Waals surface area contributed by atoms with E-state index in [2.05, 4.69) is 9.88 Å². The van der Waals surface area contributed by atoms with Crippen molar-refractivity contribution in [2.24, 2.45) is 0 Å². The summed E-state index contributed by atoms with van der Waals surface area (Å²) in [6.07, 6.45) is 2.67. The highest BCUT2D eigenvalue weighted by Crippen LogP contribution is 2.30. The first kappa shape index (κ1) is 12.7. The number of hydrogen-bond acceptors (Lipinski definition) is 3. The summed E-state index contributed by atoms with van der Waals surface area (Å²) in [6, 6.07) is 11.5. The number of nitrogen functional groups attached to an aromatic ring is 1. The molecule has 1 aromatic heterocycles. The van der Waals surface area contributed by atoms with E-state index < -0.39 is 0 Å². The second-order valence-corrected chi connectivity index (χ2v) is 4.58. The molecule has 0 saturated heterocycles. The van der Waals surface area contributed by atoms with Crippen LogP contribution in [0.2, 0.25) is 5.02 Å². The largest absolute Gasteiger partial charge is 0.397 e. The predicted molar refractivity (Wildman–Crippen MR) is 77.1 cm³/mol. The third-order valence-electron chi connectivity index (χ3n) is 2.83. The molecule has 94 valence electrons. The zero-order valence-electron chi connectivity index (χ0n) is 10.3. The van der Waals surface area contributed by atoms with Gasteiger partial charge in [-0.3, -0.25) is 4.98 Å². The lowest BCUT2D eigenvalue weighted by atomic mass is 10.2. The van der Waals surface area contributed by atoms with Crippen LogP contribution >= 0.6 is 11.6 Å². The number of hydrogen-bond donors (Lipinski definition) is 1. The number of nitrogens with two attached hydrogens (primary N) is 1. The molecule has 0 unspecified atom stereocenters. The molecule has 0 radical (unpaired) electrons. The van der Waals surface area contributed by atoms with Crippen molar-refractivity contribution in [2.45, 2.75) is 6.42 Å². The van der Waals surface area contributed by atoms with E-state index in [0.717, 1.165) is 24.3 Å². The topological polar surface area (TPSA) is 42.2 Å². The van der Waals surface area contributed by atoms with Gasteiger partial charge in [0, 0.05) is 31.9 Å². The second kappa shape index (κ2) is 5.74. The molecule has 0 aliphatic heterocycles. The molecule has 1 heterocycles. The fraction of sp³-hybridized carbons (Fsp3) is 0.214. The predicted octanol–water partition coefficient (Wildman–Crippen LogP) is 3.00. The van der Waals surface area contributed by atoms with Gasteiger partial charge in [0.25, 0.3) is 0 Å². The van der Waals surface area contributed by atoms with Crippen molar-refractivity contribution < 1.29 is 0 Å². The summed E-state index contributed by atoms with van der Waals surface area (Å²) in [7, 11) is 1.99. The highest BCUT2D eigenvalue weighted by Gasteiger charge is 2.09. The first-order chi connectivity index (χ1) is 8.68. The van der Waals surface area contributed by atoms with Gasteiger partial charge < -0.3 is 10.6 Å². The molecular formula is C14H16ClN3. The van der Waals surface area contributed by atoms with Gasteiger partial charge in [0.1, 0.15) is 0 Å². The molecule has 18 heavy (non-hydrogen) atoms. The second-order valence-electron chi connectivity index (χ2n) is 4.17. The molecule has 0 spiro atoms. The number of rotatable bonds is 4. The van der Waals surface area contributed by atoms with E-state index in [-0.39, 0.29) is 0 Å². The molecule has 0 aliphatic carbocycles. The van der Waals surface area contributed by atoms with Crippen LogP contribution in [0.15, 0.2) is 42.6 Å². The quantitative estimate of drug-likeness (QED) is 0.861. The Labute approximate surface area is 112 Å². The monoisotopic (exact) mass is 261 g/mol. The average molecular weight is 262 g/mol. The Bertz CT molecular complexity index is 493. The van der Waals surface area contributed by atoms with Gasteiger partial charge in [0.2, 0.25) is 0 Å². The van der Waals surface area contributed by atoms with Gasteiger partial charge in [-0.25, -0.2) is 0 Å². The van der Waals surface area contributed by atoms with Crippen LogP contribution in [0.4, 0.5) is 11.4 Å². The molecule has 2 N–H and O–H groups in total. The third-order valence-corrected chi connectivity index (χ3v) is 3.13. The molecule has 3 nitrogen and oxygen atoms in total. The Balaban J connectivity index is 2.06. The number of benzene rings is 1. The van der Waals surface area contributed by atoms with E-state index in [0.29, 0.717) is 10.7 Å². The standard InChI is InChI=1S/C14H16ClN3/c1-18(10-8-11-5-2-3-9-17-11)14-12(15)6-4-7-13(14)16/h2-7,9H,8,10,16H2,1H3. The molecule has 2 rings (SSSR count). The van der Waals surface area contributed by atoms with Crippen LogP contribution < -0.4 is 10.6 Å². The highest BCUT2D eigenvalue weighted by molar-refractivity contribution is 6.33. The summed E-state index contributed by atoms with van der Waals surface area (Å²) in [5.41, 5.74) is 8.60. The van der Waals surface area contributed by atoms with E-state index in [9.17, 15) is 0 Å². The molecule has 0 atom stereocenters. The normalized spacial score (nSPS) is 10.3. The lowest BCUT2D eigenvalue weighted by Crippen LogP contribution is -2.22. The van der Waals surface area contributed by atoms with Crippen molar-refractivity contribution >= 4 is 23.0 Å². The summed E-state index contributed by atoms with van der Waals surface area (Å²) in [5, 5.41) is 0.679. The summed E-state index contributed by atoms with van der Waals surface area (Å²) in [5.74, 6) is 0. The number of pyridine rings is 1. The van der Waals surface area contributed by atoms with Gasteiger partial charge in [0.15, 0.2) is 0 Å². The van der Waals surface area contributed by atoms with Crippen molar-refractivity contribution in [2.75, 3.05) is 24.2 Å². The van der Waals surface area contributed by atoms with E-state index in [1.165, 1.54) is 0 Å². The Morgan fingerprint density at radius 2 is 2.06 bits per heavy atom. The fourth-order valence-corrected chi connectivity index (χ4v) is 2.20. The molecule has 0 fully saturated rings. The minimum Gasteiger partial charge on any atom is -0.397 e. The number of nitrogens with zero attached hydrogens (tertiary/aromatic N) is 2. The summed E-state index contributed by atoms with van der Waals surface area (Å²) in [6.45, 7) is 0.824. The van der Waals surface area contributed by atoms with Crippen LogP contribution in [-0.2, 0) is 6.42 Å². The molecule has 0 aliphatic rings. The molecular weight excluding hydrogens is 246 g/mol. The Morgan fingerprint density at radius 1 is 1.22 bits per heavy atom. The number of para-hydroxylation sites is 1. The maximum Gasteiger partial charge on any atom is 0.0786 e. The summed E-state index contributed by atoms with van der Waals surface area (Å²) >= 11 is 6.17. The third kappa shape index (κ3) is 2.93. The van der Waals surface area contributed by atoms with E-state index in [1.54, 1.807) is 6.20 Å². The number of aromatic nitrogens is 1. The van der Waals surface area contributed by atoms with Gasteiger partial charge in [-0.1, -0.05) is 23.7 Å². The van der Waals surface area contributed by atoms with Gasteiger partial charge >= 0.3 is 0 Å². The Morgan fingerprint density at radius 3 is 2.72 bits per heavy atom. The Kier molecular flexibility index (Phi) is 4.05. The summed E-state index contributed by atoms with van der Waals surface area (Å²) in [4.78, 5) is 6.36. The molecule has 2 aromatic rings. The van der Waals surface area contributed by atoms with Crippen molar-refractivity contribution in [1.29, 1.82) is 0 Å². The maximum absolute atomic E-state index is 6.17. The smallest absolute Gasteiger partial charge is 0.0786 e. The van der Waals surface area contributed by atoms with Gasteiger partial charge in [-0.15, -0.1) is 0 Å². The molecule has 0 amide bonds. The van der Waals surface area contributed by atoms with Crippen LogP contribution in [0.5, 0.6) is 0 Å². The average Bonchev–Trinajstić information content (AvgIpc) is 2.37. The van der Waals surface area contributed by atoms with Crippen molar-refractivity contribution in [3.63, 3.8) is 0 Å². The van der Waals surface area contributed by atoms with Crippen molar-refractivity contribution in [3.05, 3.63) is 53.3 Å². The van der Waals surface area contributed by atoms with Crippen LogP contribution in [-0.4, -0.2) is 18.6 Å². The van der Waals surface area contributed by atoms with Crippen LogP contribution in [0.25, 0.3) is 0 Å². The first-order valence-corrected chi connectivity index (χ1v) is 6.21. The van der Waals surface area contributed by atoms with E-state index in [4.69, 9.17) is 17.3 Å². The maximum atomic E-state index is 6.17. The number of likely N-dealkylation sites (N-methyl/N-ethyl adjacent to an activating group) is 1. The molecule has 0 bridgehead atoms. The molecule has 1 aromatic carbocycles. The SMILES string of the molecule is CN(CCc1ccccn1)c1c(N)cccc1Cl. The zero-order chi connectivity index (χ0) is 13.0. The lowest BCUT2D eigenvalue weighted by molar-refractivity contribution is 0.853. The highest BCUT2D eigenvalue weighted by atomic mass is 35.5. The summed E-state index contributed by atoms with van der Waals surface area (Å²) < 4.78 is 0. The first-order valence-electron chi connectivity index (χ1n) is 5.83. The van der Waals surface area contributed by atoms with Crippen molar-refractivity contribution in [3.8, 4) is 0 Å². The minimum absolute atomic E-state index is 0.679. The van der Waals surface area contributed by atoms with Crippen molar-refractivity contribution in [1.82, 2.24) is 4.98 Å². The lowest BCUT2D eigenvalue weighted by Gasteiger charge is -2.22. The molecule has 4 heteroatoms. The Hall–Kier alpha value is -1.74. The minimum atomic E-state index is 0.679. The van der Waals surface area contributed by atoms with E-state index in [1.807, 2.05) is 43.4 Å². The van der Waals surface area contributed by atoms with E-state index >= 15 is 0 Å². The van der Waals surface area contributed by atoms with Crippen LogP contribution in [0, 0.1) is 0 Å². The van der Waals surface area contributed by atoms with Gasteiger partial charge in [-0.2, -0.15) is 0 Å². The van der Waals surface area contributed by atoms with Gasteiger partial charge in [0.05, 0.1) is 16.4 Å².